The molecule has 0 saturated carbocycles. The Balaban J connectivity index is 1.97. The minimum Gasteiger partial charge on any atom is -0.374 e. The van der Waals surface area contributed by atoms with E-state index in [9.17, 15) is 0 Å². The van der Waals surface area contributed by atoms with E-state index in [1.165, 1.54) is 11.3 Å². The Hall–Kier alpha value is -1.60. The van der Waals surface area contributed by atoms with Crippen LogP contribution in [0.5, 0.6) is 0 Å². The van der Waals surface area contributed by atoms with Gasteiger partial charge in [0.05, 0.1) is 24.9 Å². The van der Waals surface area contributed by atoms with Crippen molar-refractivity contribution in [3.05, 3.63) is 17.0 Å². The van der Waals surface area contributed by atoms with Crippen LogP contribution < -0.4 is 10.6 Å². The number of morpholine rings is 1. The number of nitrogens with zero attached hydrogens (tertiary/aromatic N) is 4. The summed E-state index contributed by atoms with van der Waals surface area (Å²) >= 11 is 0. The van der Waals surface area contributed by atoms with Crippen LogP contribution >= 0.6 is 0 Å². The van der Waals surface area contributed by atoms with Crippen molar-refractivity contribution in [3.63, 3.8) is 0 Å². The fourth-order valence-corrected chi connectivity index (χ4v) is 3.87. The lowest BCUT2D eigenvalue weighted by Crippen LogP contribution is -2.50. The van der Waals surface area contributed by atoms with Gasteiger partial charge in [-0.25, -0.2) is 4.99 Å². The molecule has 160 valence electrons. The van der Waals surface area contributed by atoms with Gasteiger partial charge in [-0.2, -0.15) is 5.10 Å². The number of aryl methyl sites for hydroxylation is 2. The minimum atomic E-state index is 0.201. The van der Waals surface area contributed by atoms with E-state index in [1.54, 1.807) is 0 Å². The average Bonchev–Trinajstić information content (AvgIpc) is 2.98. The molecule has 0 radical (unpaired) electrons. The van der Waals surface area contributed by atoms with Crippen LogP contribution in [0.15, 0.2) is 4.99 Å². The molecule has 1 saturated heterocycles. The van der Waals surface area contributed by atoms with Crippen molar-refractivity contribution in [2.24, 2.45) is 18.0 Å². The molecular formula is C21H40N6O. The Kier molecular flexibility index (Phi) is 9.25. The van der Waals surface area contributed by atoms with Gasteiger partial charge in [0.1, 0.15) is 0 Å². The first-order chi connectivity index (χ1) is 13.5. The van der Waals surface area contributed by atoms with Crippen LogP contribution in [0, 0.1) is 5.92 Å². The first kappa shape index (κ1) is 22.7. The highest BCUT2D eigenvalue weighted by Gasteiger charge is 2.21. The van der Waals surface area contributed by atoms with Gasteiger partial charge in [-0.3, -0.25) is 9.58 Å². The normalized spacial score (nSPS) is 18.7. The van der Waals surface area contributed by atoms with Gasteiger partial charge in [-0.1, -0.05) is 27.7 Å². The summed E-state index contributed by atoms with van der Waals surface area (Å²) in [6.07, 6.45) is 2.11. The van der Waals surface area contributed by atoms with Crippen molar-refractivity contribution in [2.75, 3.05) is 39.3 Å². The quantitative estimate of drug-likeness (QED) is 0.497. The molecule has 1 aliphatic rings. The predicted octanol–water partition coefficient (Wildman–Crippen LogP) is 1.96. The molecular weight excluding hydrogens is 352 g/mol. The van der Waals surface area contributed by atoms with Crippen LogP contribution in [0.25, 0.3) is 0 Å². The third kappa shape index (κ3) is 6.48. The van der Waals surface area contributed by atoms with E-state index < -0.39 is 0 Å². The van der Waals surface area contributed by atoms with Crippen LogP contribution in [-0.4, -0.2) is 66.1 Å². The summed E-state index contributed by atoms with van der Waals surface area (Å²) < 4.78 is 7.96. The Morgan fingerprint density at radius 2 is 2.04 bits per heavy atom. The third-order valence-electron chi connectivity index (χ3n) is 5.11. The second-order valence-corrected chi connectivity index (χ2v) is 7.92. The van der Waals surface area contributed by atoms with E-state index >= 15 is 0 Å². The monoisotopic (exact) mass is 392 g/mol. The lowest BCUT2D eigenvalue weighted by Gasteiger charge is -2.34. The van der Waals surface area contributed by atoms with Gasteiger partial charge in [0.2, 0.25) is 0 Å². The molecule has 1 aromatic heterocycles. The summed E-state index contributed by atoms with van der Waals surface area (Å²) in [5, 5.41) is 11.5. The Morgan fingerprint density at radius 1 is 1.25 bits per heavy atom. The second-order valence-electron chi connectivity index (χ2n) is 7.92. The molecule has 1 atom stereocenters. The molecule has 28 heavy (non-hydrogen) atoms. The number of nitrogens with one attached hydrogen (secondary N) is 2. The Labute approximate surface area is 170 Å². The first-order valence-corrected chi connectivity index (χ1v) is 10.9. The zero-order valence-corrected chi connectivity index (χ0v) is 18.7. The molecule has 2 rings (SSSR count). The summed E-state index contributed by atoms with van der Waals surface area (Å²) in [6, 6.07) is 0. The van der Waals surface area contributed by atoms with Crippen LogP contribution in [0.4, 0.5) is 0 Å². The fourth-order valence-electron chi connectivity index (χ4n) is 3.87. The van der Waals surface area contributed by atoms with Crippen molar-refractivity contribution in [3.8, 4) is 0 Å². The van der Waals surface area contributed by atoms with Gasteiger partial charge in [-0.05, 0) is 25.7 Å². The van der Waals surface area contributed by atoms with Crippen LogP contribution in [0.3, 0.4) is 0 Å². The molecule has 0 spiro atoms. The van der Waals surface area contributed by atoms with Crippen molar-refractivity contribution >= 4 is 5.96 Å². The van der Waals surface area contributed by atoms with Gasteiger partial charge in [0.15, 0.2) is 5.96 Å². The van der Waals surface area contributed by atoms with Gasteiger partial charge >= 0.3 is 0 Å². The topological polar surface area (TPSA) is 66.7 Å². The number of aromatic nitrogens is 2. The lowest BCUT2D eigenvalue weighted by atomic mass is 10.1. The molecule has 1 unspecified atom stereocenters. The summed E-state index contributed by atoms with van der Waals surface area (Å²) in [6.45, 7) is 17.2. The molecule has 1 aliphatic heterocycles. The highest BCUT2D eigenvalue weighted by Crippen LogP contribution is 2.16. The van der Waals surface area contributed by atoms with Gasteiger partial charge in [0, 0.05) is 51.0 Å². The number of guanidine groups is 1. The Bertz CT molecular complexity index is 625. The molecule has 2 heterocycles. The zero-order valence-electron chi connectivity index (χ0n) is 18.7. The fraction of sp³-hybridized carbons (Fsp3) is 0.810. The third-order valence-corrected chi connectivity index (χ3v) is 5.11. The molecule has 7 heteroatoms. The van der Waals surface area contributed by atoms with Crippen molar-refractivity contribution in [2.45, 2.75) is 60.1 Å². The smallest absolute Gasteiger partial charge is 0.191 e. The van der Waals surface area contributed by atoms with Gasteiger partial charge in [-0.15, -0.1) is 0 Å². The maximum atomic E-state index is 5.96. The highest BCUT2D eigenvalue weighted by molar-refractivity contribution is 5.79. The lowest BCUT2D eigenvalue weighted by molar-refractivity contribution is -0.0284. The molecule has 0 aliphatic carbocycles. The average molecular weight is 393 g/mol. The Morgan fingerprint density at radius 3 is 2.68 bits per heavy atom. The number of rotatable bonds is 9. The maximum absolute atomic E-state index is 5.96. The number of aliphatic imine (C=N–C) groups is 1. The molecule has 7 nitrogen and oxygen atoms in total. The van der Waals surface area contributed by atoms with Crippen molar-refractivity contribution in [1.82, 2.24) is 25.3 Å². The van der Waals surface area contributed by atoms with Gasteiger partial charge in [0.25, 0.3) is 0 Å². The highest BCUT2D eigenvalue weighted by atomic mass is 16.5. The van der Waals surface area contributed by atoms with E-state index in [1.807, 2.05) is 11.7 Å². The van der Waals surface area contributed by atoms with E-state index in [-0.39, 0.29) is 6.10 Å². The van der Waals surface area contributed by atoms with E-state index in [4.69, 9.17) is 9.73 Å². The maximum Gasteiger partial charge on any atom is 0.191 e. The van der Waals surface area contributed by atoms with E-state index in [2.05, 4.69) is 55.3 Å². The molecule has 1 aromatic rings. The molecule has 0 amide bonds. The summed E-state index contributed by atoms with van der Waals surface area (Å²) in [7, 11) is 2.03. The predicted molar refractivity (Wildman–Crippen MR) is 116 cm³/mol. The van der Waals surface area contributed by atoms with Gasteiger partial charge < -0.3 is 15.4 Å². The van der Waals surface area contributed by atoms with E-state index in [0.29, 0.717) is 12.5 Å². The van der Waals surface area contributed by atoms with Crippen molar-refractivity contribution < 1.29 is 4.74 Å². The second kappa shape index (κ2) is 11.4. The SMILES string of the molecule is CCNC(=NCc1c(CC)nn(C)c1CC)NCC1CN(CC(C)C)CCO1. The van der Waals surface area contributed by atoms with E-state index in [0.717, 1.165) is 63.8 Å². The zero-order chi connectivity index (χ0) is 20.5. The summed E-state index contributed by atoms with van der Waals surface area (Å²) in [4.78, 5) is 7.34. The first-order valence-electron chi connectivity index (χ1n) is 10.9. The summed E-state index contributed by atoms with van der Waals surface area (Å²) in [5.74, 6) is 1.53. The number of hydrogen-bond acceptors (Lipinski definition) is 4. The molecule has 1 fully saturated rings. The van der Waals surface area contributed by atoms with Crippen molar-refractivity contribution in [1.29, 1.82) is 0 Å². The van der Waals surface area contributed by atoms with Crippen LogP contribution in [0.1, 0.15) is 51.6 Å². The minimum absolute atomic E-state index is 0.201. The standard InChI is InChI=1S/C21H40N6O/c1-7-19-18(20(8-2)26(6)25-19)13-24-21(22-9-3)23-12-17-15-27(10-11-28-17)14-16(4)5/h16-17H,7-15H2,1-6H3,(H2,22,23,24). The summed E-state index contributed by atoms with van der Waals surface area (Å²) in [5.41, 5.74) is 3.69. The molecule has 2 N–H and O–H groups in total. The molecule has 0 aromatic carbocycles. The van der Waals surface area contributed by atoms with Crippen LogP contribution in [0.2, 0.25) is 0 Å². The largest absolute Gasteiger partial charge is 0.374 e. The number of hydrogen-bond donors (Lipinski definition) is 2. The van der Waals surface area contributed by atoms with Crippen LogP contribution in [-0.2, 0) is 31.2 Å². The number of ether oxygens (including phenoxy) is 1. The molecule has 0 bridgehead atoms.